The molecule has 0 fully saturated rings. The van der Waals surface area contributed by atoms with Gasteiger partial charge in [0.05, 0.1) is 39.9 Å². The summed E-state index contributed by atoms with van der Waals surface area (Å²) in [5, 5.41) is 14.9. The molecular formula is C22H20N2O6S. The molecule has 2 aliphatic heterocycles. The zero-order chi connectivity index (χ0) is 22.3. The van der Waals surface area contributed by atoms with Crippen molar-refractivity contribution in [1.82, 2.24) is 5.32 Å². The fraction of sp³-hybridized carbons (Fsp3) is 0.227. The van der Waals surface area contributed by atoms with Crippen molar-refractivity contribution in [3.05, 3.63) is 91.5 Å². The van der Waals surface area contributed by atoms with Gasteiger partial charge in [-0.05, 0) is 18.9 Å². The van der Waals surface area contributed by atoms with Crippen molar-refractivity contribution in [1.29, 1.82) is 0 Å². The Balaban J connectivity index is 2.11. The number of rotatable bonds is 3. The quantitative estimate of drug-likeness (QED) is 0.443. The van der Waals surface area contributed by atoms with E-state index in [1.165, 1.54) is 25.3 Å². The van der Waals surface area contributed by atoms with Crippen LogP contribution < -0.4 is 5.32 Å². The molecule has 2 heterocycles. The third-order valence-corrected chi connectivity index (χ3v) is 7.48. The number of aryl methyl sites for hydroxylation is 1. The molecule has 0 spiro atoms. The molecule has 8 nitrogen and oxygen atoms in total. The second kappa shape index (κ2) is 7.66. The summed E-state index contributed by atoms with van der Waals surface area (Å²) in [5.74, 6) is -2.08. The van der Waals surface area contributed by atoms with Crippen LogP contribution in [0, 0.1) is 10.1 Å². The molecule has 2 aliphatic rings. The third-order valence-electron chi connectivity index (χ3n) is 5.63. The molecule has 2 aromatic rings. The zero-order valence-electron chi connectivity index (χ0n) is 16.9. The predicted molar refractivity (Wildman–Crippen MR) is 115 cm³/mol. The summed E-state index contributed by atoms with van der Waals surface area (Å²) < 4.78 is 31.9. The number of esters is 1. The second-order valence-electron chi connectivity index (χ2n) is 7.37. The number of sulfone groups is 1. The largest absolute Gasteiger partial charge is 0.466 e. The number of carbonyl (C=O) groups excluding carboxylic acids is 1. The maximum Gasteiger partial charge on any atom is 0.336 e. The molecule has 1 atom stereocenters. The molecule has 0 saturated carbocycles. The van der Waals surface area contributed by atoms with E-state index < -0.39 is 26.6 Å². The highest BCUT2D eigenvalue weighted by atomic mass is 32.2. The number of hydrogen-bond acceptors (Lipinski definition) is 7. The number of allylic oxidation sites excluding steroid dienone is 2. The van der Waals surface area contributed by atoms with Crippen molar-refractivity contribution in [3.8, 4) is 0 Å². The number of nitrogens with one attached hydrogen (secondary N) is 1. The average Bonchev–Trinajstić information content (AvgIpc) is 2.86. The fourth-order valence-electron chi connectivity index (χ4n) is 4.26. The summed E-state index contributed by atoms with van der Waals surface area (Å²) in [7, 11) is -2.68. The summed E-state index contributed by atoms with van der Waals surface area (Å²) in [6.07, 6.45) is 0.295. The van der Waals surface area contributed by atoms with Crippen LogP contribution in [0.5, 0.6) is 0 Å². The van der Waals surface area contributed by atoms with E-state index in [2.05, 4.69) is 5.32 Å². The molecule has 31 heavy (non-hydrogen) atoms. The van der Waals surface area contributed by atoms with Crippen molar-refractivity contribution in [3.63, 3.8) is 0 Å². The van der Waals surface area contributed by atoms with E-state index in [0.717, 1.165) is 5.56 Å². The molecule has 9 heteroatoms. The minimum atomic E-state index is -3.87. The van der Waals surface area contributed by atoms with E-state index in [1.807, 2.05) is 18.2 Å². The number of methoxy groups -OCH3 is 1. The van der Waals surface area contributed by atoms with Gasteiger partial charge in [0.2, 0.25) is 0 Å². The van der Waals surface area contributed by atoms with Gasteiger partial charge in [0.1, 0.15) is 0 Å². The summed E-state index contributed by atoms with van der Waals surface area (Å²) in [6.45, 7) is 1.64. The second-order valence-corrected chi connectivity index (χ2v) is 9.45. The number of hydrogen-bond donors (Lipinski definition) is 1. The topological polar surface area (TPSA) is 116 Å². The first-order valence-electron chi connectivity index (χ1n) is 9.61. The first-order chi connectivity index (χ1) is 14.8. The average molecular weight is 440 g/mol. The Morgan fingerprint density at radius 3 is 2.55 bits per heavy atom. The van der Waals surface area contributed by atoms with Gasteiger partial charge in [0.15, 0.2) is 9.84 Å². The maximum absolute atomic E-state index is 13.5. The van der Waals surface area contributed by atoms with Gasteiger partial charge in [-0.2, -0.15) is 0 Å². The first kappa shape index (κ1) is 20.8. The van der Waals surface area contributed by atoms with Crippen molar-refractivity contribution in [2.24, 2.45) is 0 Å². The number of nitro groups is 1. The van der Waals surface area contributed by atoms with Crippen LogP contribution in [0.3, 0.4) is 0 Å². The van der Waals surface area contributed by atoms with Crippen molar-refractivity contribution in [2.75, 3.05) is 12.9 Å². The van der Waals surface area contributed by atoms with Gasteiger partial charge in [-0.25, -0.2) is 13.2 Å². The molecule has 160 valence electrons. The van der Waals surface area contributed by atoms with E-state index >= 15 is 0 Å². The van der Waals surface area contributed by atoms with E-state index in [1.54, 1.807) is 19.1 Å². The van der Waals surface area contributed by atoms with Crippen molar-refractivity contribution < 1.29 is 22.9 Å². The molecule has 0 radical (unpaired) electrons. The van der Waals surface area contributed by atoms with Crippen molar-refractivity contribution in [2.45, 2.75) is 19.3 Å². The molecule has 0 amide bonds. The van der Waals surface area contributed by atoms with Crippen LogP contribution in [-0.4, -0.2) is 32.2 Å². The molecule has 0 saturated heterocycles. The number of nitrogens with zero attached hydrogens (tertiary/aromatic N) is 1. The Labute approximate surface area is 179 Å². The number of nitro benzene ring substituents is 1. The van der Waals surface area contributed by atoms with Crippen LogP contribution in [0.15, 0.2) is 64.7 Å². The van der Waals surface area contributed by atoms with Gasteiger partial charge in [0, 0.05) is 22.9 Å². The van der Waals surface area contributed by atoms with Gasteiger partial charge < -0.3 is 10.1 Å². The lowest BCUT2D eigenvalue weighted by Crippen LogP contribution is -2.32. The summed E-state index contributed by atoms with van der Waals surface area (Å²) in [5.41, 5.74) is 2.19. The number of fused-ring (bicyclic) bond motifs is 2. The van der Waals surface area contributed by atoms with Crippen LogP contribution in [0.4, 0.5) is 5.69 Å². The Hall–Kier alpha value is -3.46. The molecule has 1 N–H and O–H groups in total. The maximum atomic E-state index is 13.5. The van der Waals surface area contributed by atoms with E-state index in [0.29, 0.717) is 23.4 Å². The fourth-order valence-corrected chi connectivity index (χ4v) is 6.04. The minimum absolute atomic E-state index is 0.0403. The summed E-state index contributed by atoms with van der Waals surface area (Å²) in [6, 6.07) is 13.2. The van der Waals surface area contributed by atoms with Gasteiger partial charge in [-0.3, -0.25) is 10.1 Å². The number of ether oxygens (including phenoxy) is 1. The van der Waals surface area contributed by atoms with Crippen LogP contribution in [0.1, 0.15) is 29.5 Å². The number of benzene rings is 2. The molecule has 0 aliphatic carbocycles. The molecule has 0 bridgehead atoms. The predicted octanol–water partition coefficient (Wildman–Crippen LogP) is 3.07. The van der Waals surface area contributed by atoms with Crippen molar-refractivity contribution >= 4 is 27.2 Å². The molecule has 4 rings (SSSR count). The lowest BCUT2D eigenvalue weighted by Gasteiger charge is -2.31. The highest BCUT2D eigenvalue weighted by Gasteiger charge is 2.44. The van der Waals surface area contributed by atoms with Crippen LogP contribution in [-0.2, 0) is 25.8 Å². The van der Waals surface area contributed by atoms with E-state index in [-0.39, 0.29) is 27.5 Å². The van der Waals surface area contributed by atoms with Gasteiger partial charge in [-0.15, -0.1) is 0 Å². The Bertz CT molecular complexity index is 1280. The van der Waals surface area contributed by atoms with Crippen LogP contribution in [0.25, 0.3) is 5.70 Å². The number of carbonyl (C=O) groups is 1. The van der Waals surface area contributed by atoms with Gasteiger partial charge in [-0.1, -0.05) is 42.5 Å². The minimum Gasteiger partial charge on any atom is -0.466 e. The lowest BCUT2D eigenvalue weighted by atomic mass is 9.84. The molecule has 2 aromatic carbocycles. The highest BCUT2D eigenvalue weighted by molar-refractivity contribution is 7.95. The molecular weight excluding hydrogens is 420 g/mol. The third kappa shape index (κ3) is 3.40. The molecule has 1 unspecified atom stereocenters. The number of dihydropyridines is 1. The van der Waals surface area contributed by atoms with Gasteiger partial charge >= 0.3 is 5.97 Å². The Kier molecular flexibility index (Phi) is 5.14. The number of para-hydroxylation sites is 1. The molecule has 0 aromatic heterocycles. The van der Waals surface area contributed by atoms with E-state index in [9.17, 15) is 23.3 Å². The Morgan fingerprint density at radius 1 is 1.16 bits per heavy atom. The highest BCUT2D eigenvalue weighted by Crippen LogP contribution is 2.47. The van der Waals surface area contributed by atoms with Crippen LogP contribution >= 0.6 is 0 Å². The SMILES string of the molecule is COC(=O)C1=C(C)NC2=C(C1c1ccccc1[N+](=O)[O-])S(=O)(=O)CCc1ccccc12. The Morgan fingerprint density at radius 2 is 1.84 bits per heavy atom. The zero-order valence-corrected chi connectivity index (χ0v) is 17.7. The summed E-state index contributed by atoms with van der Waals surface area (Å²) in [4.78, 5) is 23.9. The first-order valence-corrected chi connectivity index (χ1v) is 11.3. The smallest absolute Gasteiger partial charge is 0.336 e. The van der Waals surface area contributed by atoms with Crippen LogP contribution in [0.2, 0.25) is 0 Å². The normalized spacial score (nSPS) is 19.6. The standard InChI is InChI=1S/C22H20N2O6S/c1-13-18(22(25)30-2)19(16-9-5-6-10-17(16)24(26)27)21-20(23-13)15-8-4-3-7-14(15)11-12-31(21,28)29/h3-10,19,23H,11-12H2,1-2H3. The lowest BCUT2D eigenvalue weighted by molar-refractivity contribution is -0.385. The van der Waals surface area contributed by atoms with E-state index in [4.69, 9.17) is 4.74 Å². The van der Waals surface area contributed by atoms with Gasteiger partial charge in [0.25, 0.3) is 5.69 Å². The monoisotopic (exact) mass is 440 g/mol. The summed E-state index contributed by atoms with van der Waals surface area (Å²) >= 11 is 0.